The molecule has 3 rings (SSSR count). The third kappa shape index (κ3) is 26.2. The van der Waals surface area contributed by atoms with E-state index in [1.807, 2.05) is 0 Å². The number of aryl methyl sites for hydroxylation is 5. The Balaban J connectivity index is 0. The summed E-state index contributed by atoms with van der Waals surface area (Å²) in [7, 11) is 0. The normalized spacial score (nSPS) is 18.5. The van der Waals surface area contributed by atoms with Crippen LogP contribution in [0.25, 0.3) is 0 Å². The maximum absolute atomic E-state index is 2.46. The fraction of sp³-hybridized carbons (Fsp3) is 0.760. The Morgan fingerprint density at radius 2 is 1.24 bits per heavy atom. The molecular weight excluding hydrogens is 601 g/mol. The van der Waals surface area contributed by atoms with E-state index < -0.39 is 0 Å². The molecule has 0 heterocycles. The molecule has 0 amide bonds. The first kappa shape index (κ1) is 50.5. The van der Waals surface area contributed by atoms with Crippen LogP contribution in [0.1, 0.15) is 215 Å². The summed E-state index contributed by atoms with van der Waals surface area (Å²) in [5.74, 6) is 1.84. The van der Waals surface area contributed by atoms with E-state index in [0.29, 0.717) is 16.2 Å². The van der Waals surface area contributed by atoms with Crippen molar-refractivity contribution in [2.24, 2.45) is 28.1 Å². The number of rotatable bonds is 13. The van der Waals surface area contributed by atoms with Gasteiger partial charge >= 0.3 is 0 Å². The number of hydrogen-bond acceptors (Lipinski definition) is 0. The van der Waals surface area contributed by atoms with Crippen LogP contribution in [-0.2, 0) is 12.8 Å². The molecule has 1 saturated carbocycles. The summed E-state index contributed by atoms with van der Waals surface area (Å²) >= 11 is 0. The summed E-state index contributed by atoms with van der Waals surface area (Å²) in [5.41, 5.74) is 8.77. The number of benzene rings is 2. The van der Waals surface area contributed by atoms with Crippen LogP contribution in [0, 0.1) is 48.9 Å². The SMILES string of the molecule is CCC1(C)C[C@H](C)CC(C)(C)C1.CCCC(C)CC(C)(C)CC.CCCCCCCC.CCc1cccc(CC)c1.Cc1ccc(C)c(C)c1. The zero-order valence-corrected chi connectivity index (χ0v) is 37.5. The van der Waals surface area contributed by atoms with Crippen LogP contribution < -0.4 is 0 Å². The van der Waals surface area contributed by atoms with Crippen molar-refractivity contribution in [2.45, 2.75) is 220 Å². The fourth-order valence-electron chi connectivity index (χ4n) is 7.92. The van der Waals surface area contributed by atoms with Gasteiger partial charge in [0.1, 0.15) is 0 Å². The number of hydrogen-bond donors (Lipinski definition) is 0. The molecule has 0 aromatic heterocycles. The van der Waals surface area contributed by atoms with E-state index >= 15 is 0 Å². The molecule has 1 aliphatic carbocycles. The zero-order valence-electron chi connectivity index (χ0n) is 37.5. The van der Waals surface area contributed by atoms with Crippen molar-refractivity contribution >= 4 is 0 Å². The molecule has 2 aromatic carbocycles. The van der Waals surface area contributed by atoms with Crippen molar-refractivity contribution in [1.82, 2.24) is 0 Å². The topological polar surface area (TPSA) is 0 Å². The molecule has 2 aromatic rings. The number of unbranched alkanes of at least 4 members (excludes halogenated alkanes) is 5. The van der Waals surface area contributed by atoms with Crippen molar-refractivity contribution < 1.29 is 0 Å². The van der Waals surface area contributed by atoms with Gasteiger partial charge in [0.05, 0.1) is 0 Å². The summed E-state index contributed by atoms with van der Waals surface area (Å²) in [5, 5.41) is 0. The molecule has 0 spiro atoms. The second-order valence-electron chi connectivity index (χ2n) is 18.2. The third-order valence-corrected chi connectivity index (χ3v) is 11.1. The van der Waals surface area contributed by atoms with Gasteiger partial charge in [-0.3, -0.25) is 0 Å². The minimum atomic E-state index is 0.564. The van der Waals surface area contributed by atoms with Gasteiger partial charge in [0.2, 0.25) is 0 Å². The lowest BCUT2D eigenvalue weighted by molar-refractivity contribution is 0.0582. The highest BCUT2D eigenvalue weighted by Gasteiger charge is 2.38. The van der Waals surface area contributed by atoms with Crippen molar-refractivity contribution in [1.29, 1.82) is 0 Å². The molecule has 1 fully saturated rings. The molecule has 0 bridgehead atoms. The van der Waals surface area contributed by atoms with Gasteiger partial charge in [0.15, 0.2) is 0 Å². The molecule has 0 N–H and O–H groups in total. The Hall–Kier alpha value is -1.56. The Bertz CT molecular complexity index is 1050. The van der Waals surface area contributed by atoms with Crippen LogP contribution in [-0.4, -0.2) is 0 Å². The average molecular weight is 693 g/mol. The van der Waals surface area contributed by atoms with Gasteiger partial charge in [-0.05, 0) is 110 Å². The van der Waals surface area contributed by atoms with E-state index in [1.54, 1.807) is 0 Å². The first-order valence-corrected chi connectivity index (χ1v) is 21.5. The van der Waals surface area contributed by atoms with Gasteiger partial charge in [-0.25, -0.2) is 0 Å². The third-order valence-electron chi connectivity index (χ3n) is 11.1. The lowest BCUT2D eigenvalue weighted by Gasteiger charge is -2.45. The van der Waals surface area contributed by atoms with Gasteiger partial charge in [-0.15, -0.1) is 0 Å². The van der Waals surface area contributed by atoms with E-state index in [1.165, 1.54) is 118 Å². The molecule has 0 radical (unpaired) electrons. The monoisotopic (exact) mass is 693 g/mol. The first-order chi connectivity index (χ1) is 23.4. The van der Waals surface area contributed by atoms with Gasteiger partial charge < -0.3 is 0 Å². The van der Waals surface area contributed by atoms with E-state index in [0.717, 1.165) is 24.7 Å². The van der Waals surface area contributed by atoms with Crippen molar-refractivity contribution in [2.75, 3.05) is 0 Å². The highest BCUT2D eigenvalue weighted by molar-refractivity contribution is 5.28. The molecular formula is C50H92. The van der Waals surface area contributed by atoms with Crippen LogP contribution >= 0.6 is 0 Å². The molecule has 3 atom stereocenters. The largest absolute Gasteiger partial charge is 0.0654 e. The van der Waals surface area contributed by atoms with Gasteiger partial charge in [-0.2, -0.15) is 0 Å². The zero-order chi connectivity index (χ0) is 38.8. The summed E-state index contributed by atoms with van der Waals surface area (Å²) in [6.07, 6.45) is 21.8. The lowest BCUT2D eigenvalue weighted by atomic mass is 9.60. The minimum Gasteiger partial charge on any atom is -0.0654 e. The van der Waals surface area contributed by atoms with Crippen LogP contribution in [0.3, 0.4) is 0 Å². The summed E-state index contributed by atoms with van der Waals surface area (Å²) in [4.78, 5) is 0. The Labute approximate surface area is 317 Å². The van der Waals surface area contributed by atoms with Gasteiger partial charge in [-0.1, -0.05) is 209 Å². The standard InChI is InChI=1S/C12H24.C11H24.C10H14.C9H12.C8H18/c1-6-12(5)8-10(2)7-11(3,4)9-12;1-6-8-10(3)9-11(4,5)7-2;1-3-9-6-5-7-10(4-2)8-9;1-7-4-5-8(2)9(3)6-7;1-3-5-7-8-6-4-2/h10H,6-9H2,1-5H3;10H,6-9H2,1-5H3;5-8H,3-4H2,1-2H3;4-6H,1-3H3;3-8H2,1-2H3/t10-,12?;;;;/m1..../s1. The average Bonchev–Trinajstić information content (AvgIpc) is 3.05. The van der Waals surface area contributed by atoms with Gasteiger partial charge in [0, 0.05) is 0 Å². The molecule has 292 valence electrons. The molecule has 0 saturated heterocycles. The maximum atomic E-state index is 2.46. The second-order valence-corrected chi connectivity index (χ2v) is 18.2. The van der Waals surface area contributed by atoms with E-state index in [9.17, 15) is 0 Å². The van der Waals surface area contributed by atoms with E-state index in [4.69, 9.17) is 0 Å². The second kappa shape index (κ2) is 28.0. The molecule has 0 heteroatoms. The predicted molar refractivity (Wildman–Crippen MR) is 233 cm³/mol. The van der Waals surface area contributed by atoms with Gasteiger partial charge in [0.25, 0.3) is 0 Å². The first-order valence-electron chi connectivity index (χ1n) is 21.5. The quantitative estimate of drug-likeness (QED) is 0.183. The molecule has 50 heavy (non-hydrogen) atoms. The molecule has 1 aliphatic rings. The summed E-state index contributed by atoms with van der Waals surface area (Å²) < 4.78 is 0. The highest BCUT2D eigenvalue weighted by atomic mass is 14.4. The predicted octanol–water partition coefficient (Wildman–Crippen LogP) is 17.3. The molecule has 0 nitrogen and oxygen atoms in total. The van der Waals surface area contributed by atoms with Crippen molar-refractivity contribution in [3.63, 3.8) is 0 Å². The Morgan fingerprint density at radius 3 is 1.62 bits per heavy atom. The molecule has 0 aliphatic heterocycles. The smallest absolute Gasteiger partial charge is 0.0307 e. The highest BCUT2D eigenvalue weighted by Crippen LogP contribution is 2.49. The fourth-order valence-corrected chi connectivity index (χ4v) is 7.92. The summed E-state index contributed by atoms with van der Waals surface area (Å²) in [6, 6.07) is 15.3. The van der Waals surface area contributed by atoms with E-state index in [-0.39, 0.29) is 0 Å². The minimum absolute atomic E-state index is 0.564. The Kier molecular flexibility index (Phi) is 28.3. The van der Waals surface area contributed by atoms with E-state index in [2.05, 4.69) is 160 Å². The van der Waals surface area contributed by atoms with Crippen molar-refractivity contribution in [3.05, 3.63) is 70.3 Å². The van der Waals surface area contributed by atoms with Crippen LogP contribution in [0.15, 0.2) is 42.5 Å². The van der Waals surface area contributed by atoms with Crippen LogP contribution in [0.4, 0.5) is 0 Å². The Morgan fingerprint density at radius 1 is 0.700 bits per heavy atom. The van der Waals surface area contributed by atoms with Crippen LogP contribution in [0.2, 0.25) is 0 Å². The van der Waals surface area contributed by atoms with Crippen molar-refractivity contribution in [3.8, 4) is 0 Å². The maximum Gasteiger partial charge on any atom is -0.0307 e. The van der Waals surface area contributed by atoms with Crippen LogP contribution in [0.5, 0.6) is 0 Å². The lowest BCUT2D eigenvalue weighted by Crippen LogP contribution is -2.34. The molecule has 2 unspecified atom stereocenters. The summed E-state index contributed by atoms with van der Waals surface area (Å²) in [6.45, 7) is 39.0.